The number of hydrogen-bond acceptors (Lipinski definition) is 4. The van der Waals surface area contributed by atoms with Crippen LogP contribution in [0.5, 0.6) is 0 Å². The Hall–Kier alpha value is -6.65. The molecule has 7 aromatic carbocycles. The average Bonchev–Trinajstić information content (AvgIpc) is 3.67. The molecule has 0 atom stereocenters. The van der Waals surface area contributed by atoms with Crippen LogP contribution in [0.1, 0.15) is 52.7 Å². The van der Waals surface area contributed by atoms with Gasteiger partial charge in [0.2, 0.25) is 5.89 Å². The lowest BCUT2D eigenvalue weighted by molar-refractivity contribution is 0.590. The summed E-state index contributed by atoms with van der Waals surface area (Å²) in [4.78, 5) is 15.8. The lowest BCUT2D eigenvalue weighted by atomic mass is 9.85. The summed E-state index contributed by atoms with van der Waals surface area (Å²) in [7, 11) is 0. The molecule has 0 amide bonds. The van der Waals surface area contributed by atoms with Crippen LogP contribution < -0.4 is 0 Å². The summed E-state index contributed by atoms with van der Waals surface area (Å²) in [6.07, 6.45) is 0. The van der Waals surface area contributed by atoms with E-state index >= 15 is 0 Å². The fourth-order valence-electron chi connectivity index (χ4n) is 7.52. The van der Waals surface area contributed by atoms with Crippen LogP contribution in [-0.4, -0.2) is 15.0 Å². The summed E-state index contributed by atoms with van der Waals surface area (Å²) < 4.78 is 6.02. The molecule has 0 aliphatic rings. The molecule has 0 radical (unpaired) electrons. The van der Waals surface area contributed by atoms with Crippen LogP contribution in [0.15, 0.2) is 168 Å². The van der Waals surface area contributed by atoms with Crippen molar-refractivity contribution in [1.82, 2.24) is 15.0 Å². The minimum Gasteiger partial charge on any atom is -0.436 e. The van der Waals surface area contributed by atoms with E-state index in [9.17, 15) is 0 Å². The Bertz CT molecular complexity index is 2820. The van der Waals surface area contributed by atoms with Gasteiger partial charge in [0.1, 0.15) is 5.52 Å². The van der Waals surface area contributed by atoms with Crippen molar-refractivity contribution in [3.63, 3.8) is 0 Å². The lowest BCUT2D eigenvalue weighted by Crippen LogP contribution is -2.10. The zero-order chi connectivity index (χ0) is 39.3. The highest BCUT2D eigenvalue weighted by atomic mass is 16.3. The molecule has 4 heteroatoms. The predicted molar refractivity (Wildman–Crippen MR) is 237 cm³/mol. The molecule has 0 spiro atoms. The van der Waals surface area contributed by atoms with Gasteiger partial charge in [0.05, 0.1) is 22.4 Å². The van der Waals surface area contributed by atoms with Crippen LogP contribution in [0.4, 0.5) is 0 Å². The highest BCUT2D eigenvalue weighted by molar-refractivity contribution is 6.03. The van der Waals surface area contributed by atoms with Crippen LogP contribution in [0, 0.1) is 0 Å². The molecule has 278 valence electrons. The summed E-state index contributed by atoms with van der Waals surface area (Å²) in [5.74, 6) is 0.621. The van der Waals surface area contributed by atoms with Gasteiger partial charge in [-0.1, -0.05) is 181 Å². The van der Waals surface area contributed by atoms with E-state index in [4.69, 9.17) is 14.4 Å². The second kappa shape index (κ2) is 14.1. The van der Waals surface area contributed by atoms with E-state index in [1.165, 1.54) is 11.1 Å². The van der Waals surface area contributed by atoms with Crippen molar-refractivity contribution in [3.8, 4) is 67.3 Å². The molecule has 4 nitrogen and oxygen atoms in total. The number of fused-ring (bicyclic) bond motifs is 2. The van der Waals surface area contributed by atoms with Gasteiger partial charge in [-0.25, -0.2) is 15.0 Å². The molecular formula is C53H45N3O. The van der Waals surface area contributed by atoms with Crippen molar-refractivity contribution >= 4 is 22.1 Å². The standard InChI is InChI=1S/C53H45N3O/c1-52(2,3)41-28-24-36(25-29-41)43-32-33-44(37-26-30-42(31-27-37)53(4,5)6)50-49(43)55-47(38-12-8-7-9-13-38)48(56-50)39-20-16-34(17-21-39)35-18-22-40(23-19-35)51-54-45-14-10-11-15-46(45)57-51/h7-33H,1-6H3. The first-order chi connectivity index (χ1) is 27.5. The topological polar surface area (TPSA) is 51.8 Å². The van der Waals surface area contributed by atoms with Gasteiger partial charge in [-0.15, -0.1) is 0 Å². The number of benzene rings is 7. The Kier molecular flexibility index (Phi) is 8.93. The van der Waals surface area contributed by atoms with E-state index in [0.29, 0.717) is 5.89 Å². The van der Waals surface area contributed by atoms with Crippen molar-refractivity contribution in [2.75, 3.05) is 0 Å². The van der Waals surface area contributed by atoms with Gasteiger partial charge in [0.15, 0.2) is 5.58 Å². The van der Waals surface area contributed by atoms with Gasteiger partial charge in [-0.05, 0) is 68.5 Å². The van der Waals surface area contributed by atoms with Gasteiger partial charge < -0.3 is 4.42 Å². The largest absolute Gasteiger partial charge is 0.436 e. The molecule has 2 heterocycles. The third kappa shape index (κ3) is 7.04. The molecule has 0 bridgehead atoms. The monoisotopic (exact) mass is 739 g/mol. The number of aromatic nitrogens is 3. The van der Waals surface area contributed by atoms with Crippen molar-refractivity contribution < 1.29 is 4.42 Å². The van der Waals surface area contributed by atoms with E-state index in [2.05, 4.69) is 180 Å². The average molecular weight is 740 g/mol. The van der Waals surface area contributed by atoms with Crippen LogP contribution in [-0.2, 0) is 10.8 Å². The fourth-order valence-corrected chi connectivity index (χ4v) is 7.52. The fraction of sp³-hybridized carbons (Fsp3) is 0.151. The molecular weight excluding hydrogens is 695 g/mol. The maximum atomic E-state index is 6.02. The smallest absolute Gasteiger partial charge is 0.227 e. The molecule has 57 heavy (non-hydrogen) atoms. The molecule has 0 aliphatic carbocycles. The Morgan fingerprint density at radius 2 is 0.754 bits per heavy atom. The lowest BCUT2D eigenvalue weighted by Gasteiger charge is -2.20. The minimum atomic E-state index is 0.0567. The van der Waals surface area contributed by atoms with Crippen LogP contribution >= 0.6 is 0 Å². The summed E-state index contributed by atoms with van der Waals surface area (Å²) in [6, 6.07) is 57.6. The van der Waals surface area contributed by atoms with E-state index < -0.39 is 0 Å². The van der Waals surface area contributed by atoms with Crippen molar-refractivity contribution in [1.29, 1.82) is 0 Å². The zero-order valence-electron chi connectivity index (χ0n) is 33.3. The van der Waals surface area contributed by atoms with Gasteiger partial charge >= 0.3 is 0 Å². The van der Waals surface area contributed by atoms with E-state index in [1.807, 2.05) is 30.3 Å². The molecule has 0 unspecified atom stereocenters. The molecule has 0 saturated carbocycles. The number of oxazole rings is 1. The van der Waals surface area contributed by atoms with Crippen LogP contribution in [0.2, 0.25) is 0 Å². The molecule has 0 fully saturated rings. The summed E-state index contributed by atoms with van der Waals surface area (Å²) in [5, 5.41) is 0. The van der Waals surface area contributed by atoms with Gasteiger partial charge in [-0.3, -0.25) is 0 Å². The second-order valence-corrected chi connectivity index (χ2v) is 16.9. The van der Waals surface area contributed by atoms with Crippen molar-refractivity contribution in [2.24, 2.45) is 0 Å². The van der Waals surface area contributed by atoms with Crippen LogP contribution in [0.25, 0.3) is 89.5 Å². The molecule has 9 aromatic rings. The summed E-state index contributed by atoms with van der Waals surface area (Å²) in [5.41, 5.74) is 17.4. The molecule has 9 rings (SSSR count). The minimum absolute atomic E-state index is 0.0567. The molecule has 0 aliphatic heterocycles. The number of rotatable bonds is 6. The Labute approximate surface area is 335 Å². The summed E-state index contributed by atoms with van der Waals surface area (Å²) >= 11 is 0. The Balaban J connectivity index is 1.17. The van der Waals surface area contributed by atoms with Gasteiger partial charge in [0.25, 0.3) is 0 Å². The highest BCUT2D eigenvalue weighted by Crippen LogP contribution is 2.40. The summed E-state index contributed by atoms with van der Waals surface area (Å²) in [6.45, 7) is 13.5. The van der Waals surface area contributed by atoms with Crippen molar-refractivity contribution in [2.45, 2.75) is 52.4 Å². The second-order valence-electron chi connectivity index (χ2n) is 16.9. The zero-order valence-corrected chi connectivity index (χ0v) is 33.3. The Morgan fingerprint density at radius 3 is 1.23 bits per heavy atom. The van der Waals surface area contributed by atoms with Gasteiger partial charge in [-0.2, -0.15) is 0 Å². The van der Waals surface area contributed by atoms with E-state index in [1.54, 1.807) is 0 Å². The molecule has 0 saturated heterocycles. The van der Waals surface area contributed by atoms with Gasteiger partial charge in [0, 0.05) is 27.8 Å². The third-order valence-electron chi connectivity index (χ3n) is 10.9. The third-order valence-corrected chi connectivity index (χ3v) is 10.9. The maximum Gasteiger partial charge on any atom is 0.227 e. The normalized spacial score (nSPS) is 12.0. The van der Waals surface area contributed by atoms with Crippen molar-refractivity contribution in [3.05, 3.63) is 175 Å². The number of nitrogens with zero attached hydrogens (tertiary/aromatic N) is 3. The van der Waals surface area contributed by atoms with E-state index in [-0.39, 0.29) is 10.8 Å². The number of hydrogen-bond donors (Lipinski definition) is 0. The first-order valence-corrected chi connectivity index (χ1v) is 19.7. The quantitative estimate of drug-likeness (QED) is 0.170. The SMILES string of the molecule is CC(C)(C)c1ccc(-c2ccc(-c3ccc(C(C)(C)C)cc3)c3nc(-c4ccc(-c5ccc(-c6nc7ccccc7o6)cc5)cc4)c(-c4ccccc4)nc23)cc1. The number of para-hydroxylation sites is 2. The predicted octanol–water partition coefficient (Wildman–Crippen LogP) is 14.4. The first kappa shape index (κ1) is 36.0. The first-order valence-electron chi connectivity index (χ1n) is 19.7. The van der Waals surface area contributed by atoms with E-state index in [0.717, 1.165) is 83.6 Å². The molecule has 2 aromatic heterocycles. The molecule has 0 N–H and O–H groups in total. The highest BCUT2D eigenvalue weighted by Gasteiger charge is 2.21. The maximum absolute atomic E-state index is 6.02. The van der Waals surface area contributed by atoms with Crippen LogP contribution in [0.3, 0.4) is 0 Å². The Morgan fingerprint density at radius 1 is 0.351 bits per heavy atom.